The molecule has 98 valence electrons. The van der Waals surface area contributed by atoms with Crippen LogP contribution in [0.15, 0.2) is 36.4 Å². The van der Waals surface area contributed by atoms with Gasteiger partial charge in [0.2, 0.25) is 0 Å². The third-order valence-electron chi connectivity index (χ3n) is 2.14. The summed E-state index contributed by atoms with van der Waals surface area (Å²) in [5, 5.41) is 1.85. The van der Waals surface area contributed by atoms with Gasteiger partial charge in [-0.15, -0.1) is 5.06 Å². The summed E-state index contributed by atoms with van der Waals surface area (Å²) in [4.78, 5) is 21.8. The molecule has 7 heteroatoms. The van der Waals surface area contributed by atoms with Crippen LogP contribution in [-0.2, 0) is 4.84 Å². The van der Waals surface area contributed by atoms with Crippen LogP contribution in [-0.4, -0.2) is 28.2 Å². The highest BCUT2D eigenvalue weighted by Crippen LogP contribution is 2.19. The first kappa shape index (κ1) is 13.6. The van der Waals surface area contributed by atoms with Gasteiger partial charge in [0.25, 0.3) is 0 Å². The summed E-state index contributed by atoms with van der Waals surface area (Å²) in [5.41, 5.74) is 0.900. The van der Waals surface area contributed by atoms with Crippen LogP contribution in [0.3, 0.4) is 0 Å². The number of benzene rings is 1. The SMILES string of the molecule is CN1OC1=O.Clc1cc(Cl)nc(-c2ccccc2)n1. The molecule has 2 aromatic rings. The molecule has 1 fully saturated rings. The minimum Gasteiger partial charge on any atom is -0.314 e. The molecule has 0 saturated carbocycles. The summed E-state index contributed by atoms with van der Waals surface area (Å²) >= 11 is 11.5. The van der Waals surface area contributed by atoms with Crippen LogP contribution < -0.4 is 0 Å². The molecular weight excluding hydrogens is 289 g/mol. The molecule has 3 rings (SSSR count). The van der Waals surface area contributed by atoms with Gasteiger partial charge < -0.3 is 4.84 Å². The monoisotopic (exact) mass is 297 g/mol. The second-order valence-corrected chi connectivity index (χ2v) is 4.33. The van der Waals surface area contributed by atoms with Crippen molar-refractivity contribution in [3.05, 3.63) is 46.7 Å². The number of hydrogen-bond donors (Lipinski definition) is 0. The predicted octanol–water partition coefficient (Wildman–Crippen LogP) is 3.43. The fourth-order valence-electron chi connectivity index (χ4n) is 1.20. The Balaban J connectivity index is 0.000000224. The molecule has 0 unspecified atom stereocenters. The number of halogens is 2. The van der Waals surface area contributed by atoms with Gasteiger partial charge in [-0.2, -0.15) is 0 Å². The first-order valence-electron chi connectivity index (χ1n) is 5.27. The van der Waals surface area contributed by atoms with E-state index in [2.05, 4.69) is 14.8 Å². The number of rotatable bonds is 1. The van der Waals surface area contributed by atoms with Crippen molar-refractivity contribution in [2.24, 2.45) is 0 Å². The van der Waals surface area contributed by atoms with E-state index < -0.39 is 0 Å². The quantitative estimate of drug-likeness (QED) is 0.598. The molecule has 1 amide bonds. The van der Waals surface area contributed by atoms with Crippen molar-refractivity contribution in [2.75, 3.05) is 7.05 Å². The maximum atomic E-state index is 9.59. The maximum Gasteiger partial charge on any atom is 0.467 e. The lowest BCUT2D eigenvalue weighted by molar-refractivity contribution is 0.227. The highest BCUT2D eigenvalue weighted by Gasteiger charge is 2.28. The number of nitrogens with zero attached hydrogens (tertiary/aromatic N) is 3. The zero-order valence-electron chi connectivity index (χ0n) is 9.88. The first-order valence-corrected chi connectivity index (χ1v) is 6.03. The average Bonchev–Trinajstić information content (AvgIpc) is 3.03. The average molecular weight is 298 g/mol. The normalized spacial score (nSPS) is 12.4. The summed E-state index contributed by atoms with van der Waals surface area (Å²) in [7, 11) is 1.56. The van der Waals surface area contributed by atoms with Crippen molar-refractivity contribution in [3.63, 3.8) is 0 Å². The van der Waals surface area contributed by atoms with Crippen molar-refractivity contribution in [1.29, 1.82) is 0 Å². The molecule has 0 bridgehead atoms. The lowest BCUT2D eigenvalue weighted by Gasteiger charge is -2.00. The molecule has 0 N–H and O–H groups in total. The van der Waals surface area contributed by atoms with E-state index in [1.54, 1.807) is 7.05 Å². The van der Waals surface area contributed by atoms with Gasteiger partial charge in [0.05, 0.1) is 7.05 Å². The van der Waals surface area contributed by atoms with Crippen LogP contribution in [0.2, 0.25) is 10.3 Å². The smallest absolute Gasteiger partial charge is 0.314 e. The van der Waals surface area contributed by atoms with Crippen molar-refractivity contribution in [1.82, 2.24) is 15.0 Å². The highest BCUT2D eigenvalue weighted by atomic mass is 35.5. The summed E-state index contributed by atoms with van der Waals surface area (Å²) in [6.45, 7) is 0. The van der Waals surface area contributed by atoms with Gasteiger partial charge in [0.1, 0.15) is 10.3 Å². The van der Waals surface area contributed by atoms with E-state index in [-0.39, 0.29) is 6.09 Å². The van der Waals surface area contributed by atoms with Gasteiger partial charge >= 0.3 is 6.09 Å². The van der Waals surface area contributed by atoms with E-state index in [1.165, 1.54) is 6.07 Å². The fourth-order valence-corrected chi connectivity index (χ4v) is 1.63. The number of carbonyl (C=O) groups excluding carboxylic acids is 1. The van der Waals surface area contributed by atoms with Crippen molar-refractivity contribution in [2.45, 2.75) is 0 Å². The highest BCUT2D eigenvalue weighted by molar-refractivity contribution is 6.33. The predicted molar refractivity (Wildman–Crippen MR) is 71.7 cm³/mol. The molecule has 1 saturated heterocycles. The van der Waals surface area contributed by atoms with Crippen LogP contribution in [0.4, 0.5) is 4.79 Å². The summed E-state index contributed by atoms with van der Waals surface area (Å²) in [5.74, 6) is 0.545. The number of hydrogen-bond acceptors (Lipinski definition) is 4. The number of hydroxylamine groups is 2. The van der Waals surface area contributed by atoms with Gasteiger partial charge in [-0.3, -0.25) is 0 Å². The Morgan fingerprint density at radius 2 is 1.58 bits per heavy atom. The summed E-state index contributed by atoms with van der Waals surface area (Å²) in [6.07, 6.45) is -0.245. The Labute approximate surface area is 119 Å². The van der Waals surface area contributed by atoms with Crippen molar-refractivity contribution in [3.8, 4) is 11.4 Å². The second kappa shape index (κ2) is 5.86. The molecule has 1 aliphatic rings. The van der Waals surface area contributed by atoms with E-state index in [0.29, 0.717) is 16.1 Å². The van der Waals surface area contributed by atoms with Crippen LogP contribution >= 0.6 is 23.2 Å². The molecule has 0 atom stereocenters. The lowest BCUT2D eigenvalue weighted by Crippen LogP contribution is -1.89. The van der Waals surface area contributed by atoms with Gasteiger partial charge in [0, 0.05) is 11.6 Å². The Morgan fingerprint density at radius 3 is 2.00 bits per heavy atom. The molecule has 1 aliphatic heterocycles. The molecule has 0 radical (unpaired) electrons. The third kappa shape index (κ3) is 4.08. The molecule has 0 spiro atoms. The molecule has 19 heavy (non-hydrogen) atoms. The van der Waals surface area contributed by atoms with E-state index >= 15 is 0 Å². The third-order valence-corrected chi connectivity index (χ3v) is 2.52. The molecule has 1 aromatic heterocycles. The Morgan fingerprint density at radius 1 is 1.11 bits per heavy atom. The minimum absolute atomic E-state index is 0.245. The first-order chi connectivity index (χ1) is 9.06. The number of carbonyl (C=O) groups is 1. The van der Waals surface area contributed by atoms with Crippen LogP contribution in [0, 0.1) is 0 Å². The lowest BCUT2D eigenvalue weighted by atomic mass is 10.2. The fraction of sp³-hybridized carbons (Fsp3) is 0.0833. The minimum atomic E-state index is -0.245. The van der Waals surface area contributed by atoms with Gasteiger partial charge in [-0.05, 0) is 0 Å². The Kier molecular flexibility index (Phi) is 4.19. The Bertz CT molecular complexity index is 573. The zero-order chi connectivity index (χ0) is 13.8. The van der Waals surface area contributed by atoms with Crippen molar-refractivity contribution < 1.29 is 9.63 Å². The second-order valence-electron chi connectivity index (χ2n) is 3.56. The molecule has 2 heterocycles. The van der Waals surface area contributed by atoms with E-state index in [9.17, 15) is 4.79 Å². The zero-order valence-corrected chi connectivity index (χ0v) is 11.4. The molecule has 5 nitrogen and oxygen atoms in total. The van der Waals surface area contributed by atoms with Crippen LogP contribution in [0.1, 0.15) is 0 Å². The summed E-state index contributed by atoms with van der Waals surface area (Å²) in [6, 6.07) is 11.1. The largest absolute Gasteiger partial charge is 0.467 e. The number of aromatic nitrogens is 2. The van der Waals surface area contributed by atoms with Gasteiger partial charge in [-0.1, -0.05) is 53.5 Å². The molecule has 0 aliphatic carbocycles. The number of amides is 1. The summed E-state index contributed by atoms with van der Waals surface area (Å²) < 4.78 is 0. The molecule has 1 aromatic carbocycles. The molecular formula is C12H9Cl2N3O2. The van der Waals surface area contributed by atoms with Crippen LogP contribution in [0.25, 0.3) is 11.4 Å². The maximum absolute atomic E-state index is 9.59. The van der Waals surface area contributed by atoms with Crippen molar-refractivity contribution >= 4 is 29.3 Å². The van der Waals surface area contributed by atoms with Gasteiger partial charge in [-0.25, -0.2) is 14.8 Å². The standard InChI is InChI=1S/C10H6Cl2N2.C2H3NO2/c11-8-6-9(12)14-10(13-8)7-4-2-1-3-5-7;1-3-2(4)5-3/h1-6H;1H3. The van der Waals surface area contributed by atoms with E-state index in [1.807, 2.05) is 30.3 Å². The van der Waals surface area contributed by atoms with Crippen LogP contribution in [0.5, 0.6) is 0 Å². The van der Waals surface area contributed by atoms with E-state index in [0.717, 1.165) is 10.6 Å². The topological polar surface area (TPSA) is 58.4 Å². The van der Waals surface area contributed by atoms with E-state index in [4.69, 9.17) is 23.2 Å². The Hall–Kier alpha value is -1.85. The van der Waals surface area contributed by atoms with Gasteiger partial charge in [0.15, 0.2) is 5.82 Å².